The first-order chi connectivity index (χ1) is 33.3. The van der Waals surface area contributed by atoms with E-state index in [0.717, 1.165) is 34.4 Å². The lowest BCUT2D eigenvalue weighted by Crippen LogP contribution is -2.93. The molecule has 7 heteroatoms. The van der Waals surface area contributed by atoms with Crippen molar-refractivity contribution in [3.05, 3.63) is 218 Å². The molecule has 0 radical (unpaired) electrons. The van der Waals surface area contributed by atoms with E-state index in [1.807, 2.05) is 0 Å². The summed E-state index contributed by atoms with van der Waals surface area (Å²) in [6.45, 7) is -0.0706. The standard InChI is InChI=1S/C60H36B2N2O2Si/c1-9-25-45-37(17-1)38-18-2-10-26-46(38)63(45)49-33-35-55-57-59(49)65-51-29-13-5-21-41(51)61(57)43-23-7-15-31-53(43)67(55)54-32-16-8-24-44(54)62-42-22-6-14-30-52(42)66-60-50(34-36-56(67)58(60)62)64-47-27-11-3-19-39(47)40-20-4-12-28-48(40)64/h1-36H. The Morgan fingerprint density at radius 2 is 0.627 bits per heavy atom. The van der Waals surface area contributed by atoms with Crippen LogP contribution < -0.4 is 63.0 Å². The van der Waals surface area contributed by atoms with E-state index in [1.165, 1.54) is 97.1 Å². The molecule has 10 aromatic carbocycles. The number of benzene rings is 10. The Balaban J connectivity index is 1.07. The second kappa shape index (κ2) is 13.0. The van der Waals surface area contributed by atoms with Crippen molar-refractivity contribution >= 4 is 119 Å². The van der Waals surface area contributed by atoms with Crippen molar-refractivity contribution in [2.24, 2.45) is 0 Å². The van der Waals surface area contributed by atoms with Crippen LogP contribution in [0.3, 0.4) is 0 Å². The number of fused-ring (bicyclic) bond motifs is 18. The van der Waals surface area contributed by atoms with Gasteiger partial charge >= 0.3 is 0 Å². The van der Waals surface area contributed by atoms with E-state index in [9.17, 15) is 0 Å². The average molecular weight is 867 g/mol. The largest absolute Gasteiger partial charge is 0.456 e. The number of nitrogens with zero attached hydrogens (tertiary/aromatic N) is 2. The van der Waals surface area contributed by atoms with Gasteiger partial charge in [-0.05, 0) is 91.1 Å². The van der Waals surface area contributed by atoms with Crippen LogP contribution in [0.5, 0.6) is 23.0 Å². The van der Waals surface area contributed by atoms with Crippen LogP contribution in [0, 0.1) is 0 Å². The van der Waals surface area contributed by atoms with Gasteiger partial charge in [0.15, 0.2) is 8.07 Å². The molecular weight excluding hydrogens is 830 g/mol. The number of hydrogen-bond acceptors (Lipinski definition) is 2. The maximum absolute atomic E-state index is 7.45. The van der Waals surface area contributed by atoms with Gasteiger partial charge in [0.05, 0.1) is 33.4 Å². The van der Waals surface area contributed by atoms with Gasteiger partial charge in [0, 0.05) is 21.5 Å². The topological polar surface area (TPSA) is 28.3 Å². The first kappa shape index (κ1) is 36.0. The van der Waals surface area contributed by atoms with E-state index in [4.69, 9.17) is 9.47 Å². The van der Waals surface area contributed by atoms with E-state index in [0.29, 0.717) is 0 Å². The molecule has 0 N–H and O–H groups in total. The molecule has 6 heterocycles. The monoisotopic (exact) mass is 866 g/mol. The molecular formula is C60H36B2N2O2Si. The highest BCUT2D eigenvalue weighted by molar-refractivity contribution is 7.31. The van der Waals surface area contributed by atoms with E-state index < -0.39 is 8.07 Å². The van der Waals surface area contributed by atoms with Gasteiger partial charge in [-0.2, -0.15) is 0 Å². The third kappa shape index (κ3) is 4.41. The fraction of sp³-hybridized carbons (Fsp3) is 0. The number of aromatic nitrogens is 2. The van der Waals surface area contributed by atoms with Crippen LogP contribution in [-0.4, -0.2) is 30.6 Å². The highest BCUT2D eigenvalue weighted by Gasteiger charge is 2.58. The fourth-order valence-electron chi connectivity index (χ4n) is 13.2. The van der Waals surface area contributed by atoms with Crippen molar-refractivity contribution in [2.75, 3.05) is 0 Å². The lowest BCUT2D eigenvalue weighted by Gasteiger charge is -2.50. The first-order valence-electron chi connectivity index (χ1n) is 23.3. The number of hydrogen-bond donors (Lipinski definition) is 0. The maximum atomic E-state index is 7.45. The summed E-state index contributed by atoms with van der Waals surface area (Å²) in [5, 5.41) is 10.5. The van der Waals surface area contributed by atoms with E-state index in [1.54, 1.807) is 0 Å². The Morgan fingerprint density at radius 3 is 1.03 bits per heavy atom. The predicted octanol–water partition coefficient (Wildman–Crippen LogP) is 7.13. The van der Waals surface area contributed by atoms with Gasteiger partial charge in [-0.25, -0.2) is 0 Å². The zero-order valence-electron chi connectivity index (χ0n) is 36.2. The van der Waals surface area contributed by atoms with Crippen LogP contribution in [-0.2, 0) is 0 Å². The predicted molar refractivity (Wildman–Crippen MR) is 281 cm³/mol. The van der Waals surface area contributed by atoms with Gasteiger partial charge in [0.2, 0.25) is 0 Å². The molecule has 0 aliphatic carbocycles. The lowest BCUT2D eigenvalue weighted by molar-refractivity contribution is 0.486. The van der Waals surface area contributed by atoms with Crippen molar-refractivity contribution in [1.82, 2.24) is 9.13 Å². The third-order valence-electron chi connectivity index (χ3n) is 15.6. The third-order valence-corrected chi connectivity index (χ3v) is 20.6. The van der Waals surface area contributed by atoms with Gasteiger partial charge in [0.25, 0.3) is 13.4 Å². The van der Waals surface area contributed by atoms with Crippen LogP contribution in [0.2, 0.25) is 0 Å². The maximum Gasteiger partial charge on any atom is 0.250 e. The number of rotatable bonds is 2. The summed E-state index contributed by atoms with van der Waals surface area (Å²) in [4.78, 5) is 0. The molecule has 0 atom stereocenters. The van der Waals surface area contributed by atoms with Crippen LogP contribution >= 0.6 is 0 Å². The average Bonchev–Trinajstić information content (AvgIpc) is 3.91. The summed E-state index contributed by atoms with van der Waals surface area (Å²) < 4.78 is 19.8. The summed E-state index contributed by atoms with van der Waals surface area (Å²) >= 11 is 0. The SMILES string of the molecule is c1ccc2c(c1)Oc1c(-n3c4ccccc4c4ccccc43)ccc3c1B2c1ccccc1[Si]31c2ccccc2B2c3ccccc3Oc3c(-n4c5ccccc5c5ccccc54)ccc1c32. The first-order valence-corrected chi connectivity index (χ1v) is 25.3. The molecule has 67 heavy (non-hydrogen) atoms. The van der Waals surface area contributed by atoms with E-state index >= 15 is 0 Å². The Morgan fingerprint density at radius 1 is 0.299 bits per heavy atom. The molecule has 4 nitrogen and oxygen atoms in total. The molecule has 1 spiro atoms. The molecule has 0 bridgehead atoms. The molecule has 4 aliphatic rings. The minimum atomic E-state index is -3.21. The molecule has 4 aliphatic heterocycles. The second-order valence-electron chi connectivity index (χ2n) is 18.6. The van der Waals surface area contributed by atoms with Crippen LogP contribution in [0.4, 0.5) is 0 Å². The minimum Gasteiger partial charge on any atom is -0.456 e. The second-order valence-corrected chi connectivity index (χ2v) is 22.2. The van der Waals surface area contributed by atoms with Crippen LogP contribution in [0.1, 0.15) is 0 Å². The minimum absolute atomic E-state index is 0.0353. The Hall–Kier alpha value is -8.25. The summed E-state index contributed by atoms with van der Waals surface area (Å²) in [6, 6.07) is 81.2. The van der Waals surface area contributed by atoms with Gasteiger partial charge in [-0.3, -0.25) is 0 Å². The zero-order chi connectivity index (χ0) is 43.5. The Kier molecular flexibility index (Phi) is 6.97. The van der Waals surface area contributed by atoms with Crippen molar-refractivity contribution in [3.63, 3.8) is 0 Å². The molecule has 0 saturated carbocycles. The van der Waals surface area contributed by atoms with Gasteiger partial charge in [-0.15, -0.1) is 0 Å². The molecule has 0 unspecified atom stereocenters. The van der Waals surface area contributed by atoms with E-state index in [2.05, 4.69) is 228 Å². The number of ether oxygens (including phenoxy) is 2. The van der Waals surface area contributed by atoms with Crippen molar-refractivity contribution < 1.29 is 9.47 Å². The zero-order valence-corrected chi connectivity index (χ0v) is 37.2. The summed E-state index contributed by atoms with van der Waals surface area (Å²) in [5.41, 5.74) is 14.4. The Bertz CT molecular complexity index is 3800. The molecule has 2 aromatic heterocycles. The van der Waals surface area contributed by atoms with Gasteiger partial charge in [0.1, 0.15) is 23.0 Å². The molecule has 308 valence electrons. The van der Waals surface area contributed by atoms with Crippen molar-refractivity contribution in [1.29, 1.82) is 0 Å². The van der Waals surface area contributed by atoms with Crippen LogP contribution in [0.15, 0.2) is 218 Å². The van der Waals surface area contributed by atoms with Crippen molar-refractivity contribution in [3.8, 4) is 34.4 Å². The molecule has 0 saturated heterocycles. The molecule has 12 aromatic rings. The normalized spacial score (nSPS) is 14.3. The quantitative estimate of drug-likeness (QED) is 0.173. The highest BCUT2D eigenvalue weighted by atomic mass is 28.3. The smallest absolute Gasteiger partial charge is 0.250 e. The van der Waals surface area contributed by atoms with Crippen molar-refractivity contribution in [2.45, 2.75) is 0 Å². The summed E-state index contributed by atoms with van der Waals surface area (Å²) in [5.74, 6) is 3.69. The highest BCUT2D eigenvalue weighted by Crippen LogP contribution is 2.41. The summed E-state index contributed by atoms with van der Waals surface area (Å²) in [6.07, 6.45) is 0. The Labute approximate surface area is 388 Å². The van der Waals surface area contributed by atoms with Crippen LogP contribution in [0.25, 0.3) is 55.0 Å². The number of para-hydroxylation sites is 6. The van der Waals surface area contributed by atoms with Gasteiger partial charge in [-0.1, -0.05) is 181 Å². The van der Waals surface area contributed by atoms with E-state index in [-0.39, 0.29) is 13.4 Å². The van der Waals surface area contributed by atoms with Gasteiger partial charge < -0.3 is 18.6 Å². The lowest BCUT2D eigenvalue weighted by atomic mass is 9.35. The molecule has 0 amide bonds. The summed E-state index contributed by atoms with van der Waals surface area (Å²) in [7, 11) is -3.21. The molecule has 0 fully saturated rings. The molecule has 16 rings (SSSR count). The fourth-order valence-corrected chi connectivity index (χ4v) is 18.9.